The van der Waals surface area contributed by atoms with Crippen LogP contribution in [-0.4, -0.2) is 9.13 Å². The summed E-state index contributed by atoms with van der Waals surface area (Å²) in [5, 5.41) is 4.93. The van der Waals surface area contributed by atoms with Gasteiger partial charge in [-0.15, -0.1) is 0 Å². The van der Waals surface area contributed by atoms with E-state index in [2.05, 4.69) is 263 Å². The molecule has 0 fully saturated rings. The summed E-state index contributed by atoms with van der Waals surface area (Å²) in [4.78, 5) is 2.40. The molecule has 3 heteroatoms. The molecule has 10 aromatic carbocycles. The molecule has 0 N–H and O–H groups in total. The first-order valence-electron chi connectivity index (χ1n) is 21.6. The van der Waals surface area contributed by atoms with Gasteiger partial charge in [-0.1, -0.05) is 170 Å². The van der Waals surface area contributed by atoms with Crippen molar-refractivity contribution in [3.63, 3.8) is 0 Å². The first kappa shape index (κ1) is 36.5. The number of aromatic nitrogens is 2. The molecule has 0 atom stereocenters. The minimum absolute atomic E-state index is 1.10. The lowest BCUT2D eigenvalue weighted by molar-refractivity contribution is 1.18. The van der Waals surface area contributed by atoms with Gasteiger partial charge in [0, 0.05) is 44.3 Å². The topological polar surface area (TPSA) is 13.1 Å². The molecule has 0 radical (unpaired) electrons. The van der Waals surface area contributed by atoms with E-state index in [-0.39, 0.29) is 0 Å². The van der Waals surface area contributed by atoms with Crippen LogP contribution in [-0.2, 0) is 0 Å². The van der Waals surface area contributed by atoms with E-state index >= 15 is 0 Å². The standard InChI is InChI=1S/C60H41N3/c1-4-15-42(16-5-1)43-27-29-44(30-28-43)45-31-38-51(39-32-45)63-55-23-12-10-21-52(55)53-40-35-47(41-59(53)63)46-33-36-50(37-34-46)61(48-17-6-2-7-18-48)57-25-14-26-58-60(57)54-22-11-13-24-56(54)62(58)49-19-8-3-9-20-49/h1-41H. The minimum atomic E-state index is 1.10. The SMILES string of the molecule is c1ccc(-c2ccc(-c3ccc(-n4c5ccccc5c5ccc(-c6ccc(N(c7ccccc7)c7cccc8c7c7ccccc7n8-c7ccccc7)cc6)cc54)cc3)cc2)cc1. The van der Waals surface area contributed by atoms with E-state index in [1.54, 1.807) is 0 Å². The van der Waals surface area contributed by atoms with Crippen molar-refractivity contribution in [2.24, 2.45) is 0 Å². The second-order valence-electron chi connectivity index (χ2n) is 16.2. The van der Waals surface area contributed by atoms with E-state index in [0.717, 1.165) is 28.4 Å². The quantitative estimate of drug-likeness (QED) is 0.149. The van der Waals surface area contributed by atoms with E-state index in [4.69, 9.17) is 0 Å². The third-order valence-corrected chi connectivity index (χ3v) is 12.5. The van der Waals surface area contributed by atoms with Gasteiger partial charge in [0.2, 0.25) is 0 Å². The van der Waals surface area contributed by atoms with Crippen LogP contribution in [0.3, 0.4) is 0 Å². The molecule has 63 heavy (non-hydrogen) atoms. The zero-order chi connectivity index (χ0) is 41.7. The van der Waals surface area contributed by atoms with Gasteiger partial charge in [0.25, 0.3) is 0 Å². The molecule has 0 saturated carbocycles. The average molecular weight is 804 g/mol. The van der Waals surface area contributed by atoms with Gasteiger partial charge in [0.1, 0.15) is 0 Å². The zero-order valence-electron chi connectivity index (χ0n) is 34.5. The van der Waals surface area contributed by atoms with Crippen molar-refractivity contribution in [3.05, 3.63) is 249 Å². The van der Waals surface area contributed by atoms with Gasteiger partial charge in [0.15, 0.2) is 0 Å². The summed E-state index contributed by atoms with van der Waals surface area (Å²) in [5.41, 5.74) is 17.6. The third kappa shape index (κ3) is 6.29. The molecular weight excluding hydrogens is 763 g/mol. The van der Waals surface area contributed by atoms with Gasteiger partial charge in [-0.05, 0) is 112 Å². The summed E-state index contributed by atoms with van der Waals surface area (Å²) < 4.78 is 4.80. The highest BCUT2D eigenvalue weighted by molar-refractivity contribution is 6.16. The molecule has 2 aromatic heterocycles. The van der Waals surface area contributed by atoms with Gasteiger partial charge < -0.3 is 14.0 Å². The Bertz CT molecular complexity index is 3570. The Balaban J connectivity index is 0.933. The van der Waals surface area contributed by atoms with Gasteiger partial charge in [-0.2, -0.15) is 0 Å². The predicted molar refractivity (Wildman–Crippen MR) is 266 cm³/mol. The van der Waals surface area contributed by atoms with E-state index < -0.39 is 0 Å². The third-order valence-electron chi connectivity index (χ3n) is 12.5. The first-order valence-corrected chi connectivity index (χ1v) is 21.6. The monoisotopic (exact) mass is 803 g/mol. The van der Waals surface area contributed by atoms with Crippen LogP contribution < -0.4 is 4.90 Å². The van der Waals surface area contributed by atoms with Gasteiger partial charge in [-0.3, -0.25) is 0 Å². The molecule has 0 aliphatic carbocycles. The Morgan fingerprint density at radius 3 is 1.37 bits per heavy atom. The number of rotatable bonds is 8. The highest BCUT2D eigenvalue weighted by atomic mass is 15.1. The van der Waals surface area contributed by atoms with E-state index in [1.165, 1.54) is 77.0 Å². The van der Waals surface area contributed by atoms with Crippen molar-refractivity contribution in [1.29, 1.82) is 0 Å². The Morgan fingerprint density at radius 1 is 0.254 bits per heavy atom. The molecule has 12 aromatic rings. The van der Waals surface area contributed by atoms with Crippen molar-refractivity contribution in [2.75, 3.05) is 4.90 Å². The fourth-order valence-electron chi connectivity index (χ4n) is 9.57. The molecule has 0 unspecified atom stereocenters. The van der Waals surface area contributed by atoms with Crippen molar-refractivity contribution >= 4 is 60.7 Å². The summed E-state index contributed by atoms with van der Waals surface area (Å²) in [6.45, 7) is 0. The number of fused-ring (bicyclic) bond motifs is 6. The maximum Gasteiger partial charge on any atom is 0.0562 e. The van der Waals surface area contributed by atoms with Gasteiger partial charge in [-0.25, -0.2) is 0 Å². The zero-order valence-corrected chi connectivity index (χ0v) is 34.5. The predicted octanol–water partition coefficient (Wildman–Crippen LogP) is 16.4. The van der Waals surface area contributed by atoms with Gasteiger partial charge in [0.05, 0.1) is 27.8 Å². The lowest BCUT2D eigenvalue weighted by Gasteiger charge is -2.26. The van der Waals surface area contributed by atoms with Crippen LogP contribution in [0.4, 0.5) is 17.1 Å². The molecule has 0 amide bonds. The molecule has 0 aliphatic heterocycles. The maximum atomic E-state index is 2.41. The highest BCUT2D eigenvalue weighted by Gasteiger charge is 2.21. The number of anilines is 3. The van der Waals surface area contributed by atoms with Crippen LogP contribution in [0.15, 0.2) is 249 Å². The molecule has 0 spiro atoms. The highest BCUT2D eigenvalue weighted by Crippen LogP contribution is 2.44. The molecule has 0 bridgehead atoms. The number of para-hydroxylation sites is 4. The van der Waals surface area contributed by atoms with Crippen molar-refractivity contribution < 1.29 is 0 Å². The maximum absolute atomic E-state index is 2.41. The molecule has 0 aliphatic rings. The number of benzene rings is 10. The Morgan fingerprint density at radius 2 is 0.683 bits per heavy atom. The lowest BCUT2D eigenvalue weighted by Crippen LogP contribution is -2.10. The van der Waals surface area contributed by atoms with E-state index in [0.29, 0.717) is 0 Å². The normalized spacial score (nSPS) is 11.5. The molecular formula is C60H41N3. The Hall–Kier alpha value is -8.40. The van der Waals surface area contributed by atoms with Crippen molar-refractivity contribution in [3.8, 4) is 44.8 Å². The van der Waals surface area contributed by atoms with Crippen molar-refractivity contribution in [2.45, 2.75) is 0 Å². The second-order valence-corrected chi connectivity index (χ2v) is 16.2. The first-order chi connectivity index (χ1) is 31.3. The number of nitrogens with zero attached hydrogens (tertiary/aromatic N) is 3. The minimum Gasteiger partial charge on any atom is -0.310 e. The van der Waals surface area contributed by atoms with Crippen LogP contribution >= 0.6 is 0 Å². The van der Waals surface area contributed by atoms with Crippen molar-refractivity contribution in [1.82, 2.24) is 9.13 Å². The average Bonchev–Trinajstić information content (AvgIpc) is 3.88. The van der Waals surface area contributed by atoms with E-state index in [1.807, 2.05) is 0 Å². The largest absolute Gasteiger partial charge is 0.310 e. The lowest BCUT2D eigenvalue weighted by atomic mass is 10.0. The van der Waals surface area contributed by atoms with E-state index in [9.17, 15) is 0 Å². The fourth-order valence-corrected chi connectivity index (χ4v) is 9.57. The number of hydrogen-bond donors (Lipinski definition) is 0. The molecule has 296 valence electrons. The van der Waals surface area contributed by atoms with Gasteiger partial charge >= 0.3 is 0 Å². The summed E-state index contributed by atoms with van der Waals surface area (Å²) in [6.07, 6.45) is 0. The van der Waals surface area contributed by atoms with Crippen LogP contribution in [0.25, 0.3) is 88.4 Å². The summed E-state index contributed by atoms with van der Waals surface area (Å²) in [6, 6.07) is 90.0. The van der Waals surface area contributed by atoms with Crippen LogP contribution in [0.1, 0.15) is 0 Å². The molecule has 0 saturated heterocycles. The summed E-state index contributed by atoms with van der Waals surface area (Å²) >= 11 is 0. The summed E-state index contributed by atoms with van der Waals surface area (Å²) in [7, 11) is 0. The van der Waals surface area contributed by atoms with Crippen LogP contribution in [0.5, 0.6) is 0 Å². The molecule has 2 heterocycles. The smallest absolute Gasteiger partial charge is 0.0562 e. The fraction of sp³-hybridized carbons (Fsp3) is 0. The molecule has 3 nitrogen and oxygen atoms in total. The van der Waals surface area contributed by atoms with Crippen LogP contribution in [0, 0.1) is 0 Å². The second kappa shape index (κ2) is 15.3. The summed E-state index contributed by atoms with van der Waals surface area (Å²) in [5.74, 6) is 0. The Labute approximate surface area is 366 Å². The van der Waals surface area contributed by atoms with Crippen LogP contribution in [0.2, 0.25) is 0 Å². The number of hydrogen-bond acceptors (Lipinski definition) is 1. The Kier molecular flexibility index (Phi) is 8.83. The molecule has 12 rings (SSSR count).